The molecular formula is C14H12BrFN2O3. The third-order valence-electron chi connectivity index (χ3n) is 3.19. The molecule has 1 heterocycles. The van der Waals surface area contributed by atoms with Gasteiger partial charge in [-0.3, -0.25) is 4.68 Å². The van der Waals surface area contributed by atoms with Gasteiger partial charge in [0.2, 0.25) is 0 Å². The summed E-state index contributed by atoms with van der Waals surface area (Å²) in [5, 5.41) is 12.9. The summed E-state index contributed by atoms with van der Waals surface area (Å²) in [7, 11) is 1.61. The van der Waals surface area contributed by atoms with E-state index in [9.17, 15) is 9.18 Å². The van der Waals surface area contributed by atoms with Crippen LogP contribution in [0.15, 0.2) is 22.7 Å². The van der Waals surface area contributed by atoms with E-state index in [0.717, 1.165) is 12.8 Å². The van der Waals surface area contributed by atoms with Gasteiger partial charge >= 0.3 is 5.97 Å². The number of ether oxygens (including phenoxy) is 1. The lowest BCUT2D eigenvalue weighted by molar-refractivity contribution is 0.0689. The summed E-state index contributed by atoms with van der Waals surface area (Å²) in [6.07, 6.45) is 2.07. The van der Waals surface area contributed by atoms with Crippen LogP contribution in [-0.4, -0.2) is 27.0 Å². The molecule has 1 aliphatic rings. The first-order valence-corrected chi connectivity index (χ1v) is 7.18. The molecule has 0 saturated heterocycles. The largest absolute Gasteiger partial charge is 0.489 e. The summed E-state index contributed by atoms with van der Waals surface area (Å²) in [5.74, 6) is -1.05. The number of nitrogens with zero attached hydrogens (tertiary/aromatic N) is 2. The maximum atomic E-state index is 13.7. The van der Waals surface area contributed by atoms with Crippen molar-refractivity contribution in [1.29, 1.82) is 0 Å². The first kappa shape index (κ1) is 14.1. The van der Waals surface area contributed by atoms with Crippen molar-refractivity contribution in [3.05, 3.63) is 34.2 Å². The predicted octanol–water partition coefficient (Wildman–Crippen LogP) is 3.23. The van der Waals surface area contributed by atoms with Gasteiger partial charge in [0.1, 0.15) is 11.6 Å². The average molecular weight is 355 g/mol. The molecule has 2 aromatic rings. The molecule has 0 radical (unpaired) electrons. The number of carboxylic acid groups (broad SMARTS) is 1. The zero-order chi connectivity index (χ0) is 15.1. The Morgan fingerprint density at radius 2 is 2.19 bits per heavy atom. The molecule has 1 aromatic heterocycles. The monoisotopic (exact) mass is 354 g/mol. The fourth-order valence-corrected chi connectivity index (χ4v) is 2.57. The number of aromatic carboxylic acids is 1. The van der Waals surface area contributed by atoms with E-state index in [1.54, 1.807) is 7.05 Å². The normalized spacial score (nSPS) is 14.2. The van der Waals surface area contributed by atoms with E-state index < -0.39 is 11.8 Å². The number of hydrogen-bond donors (Lipinski definition) is 1. The first-order valence-electron chi connectivity index (χ1n) is 6.39. The van der Waals surface area contributed by atoms with Gasteiger partial charge in [0.05, 0.1) is 16.3 Å². The number of rotatable bonds is 4. The molecule has 0 aliphatic heterocycles. The van der Waals surface area contributed by atoms with E-state index in [4.69, 9.17) is 9.84 Å². The van der Waals surface area contributed by atoms with Crippen LogP contribution >= 0.6 is 15.9 Å². The molecule has 1 aliphatic carbocycles. The van der Waals surface area contributed by atoms with Crippen LogP contribution in [0.1, 0.15) is 23.3 Å². The van der Waals surface area contributed by atoms with Gasteiger partial charge in [-0.1, -0.05) is 0 Å². The maximum absolute atomic E-state index is 13.7. The van der Waals surface area contributed by atoms with Crippen molar-refractivity contribution < 1.29 is 19.0 Å². The lowest BCUT2D eigenvalue weighted by Gasteiger charge is -2.13. The SMILES string of the molecule is Cn1nc(C(=O)O)cc1-c1cc(F)cc(Br)c1OC1CC1. The van der Waals surface area contributed by atoms with Crippen LogP contribution in [-0.2, 0) is 7.05 Å². The zero-order valence-electron chi connectivity index (χ0n) is 11.1. The summed E-state index contributed by atoms with van der Waals surface area (Å²) in [6.45, 7) is 0. The topological polar surface area (TPSA) is 64.4 Å². The van der Waals surface area contributed by atoms with Crippen molar-refractivity contribution >= 4 is 21.9 Å². The number of carboxylic acids is 1. The van der Waals surface area contributed by atoms with Crippen molar-refractivity contribution in [3.63, 3.8) is 0 Å². The minimum Gasteiger partial charge on any atom is -0.489 e. The predicted molar refractivity (Wildman–Crippen MR) is 76.9 cm³/mol. The Kier molecular flexibility index (Phi) is 3.44. The van der Waals surface area contributed by atoms with Gasteiger partial charge in [0.25, 0.3) is 0 Å². The summed E-state index contributed by atoms with van der Waals surface area (Å²) in [6, 6.07) is 4.06. The van der Waals surface area contributed by atoms with E-state index in [2.05, 4.69) is 21.0 Å². The number of carbonyl (C=O) groups is 1. The molecule has 0 bridgehead atoms. The molecule has 1 aromatic carbocycles. The van der Waals surface area contributed by atoms with Gasteiger partial charge in [-0.25, -0.2) is 9.18 Å². The smallest absolute Gasteiger partial charge is 0.356 e. The minimum absolute atomic E-state index is 0.0924. The van der Waals surface area contributed by atoms with E-state index in [-0.39, 0.29) is 11.8 Å². The summed E-state index contributed by atoms with van der Waals surface area (Å²) < 4.78 is 21.4. The molecule has 1 fully saturated rings. The van der Waals surface area contributed by atoms with Crippen molar-refractivity contribution in [2.75, 3.05) is 0 Å². The Balaban J connectivity index is 2.13. The van der Waals surface area contributed by atoms with Crippen LogP contribution in [0.5, 0.6) is 5.75 Å². The third kappa shape index (κ3) is 2.78. The van der Waals surface area contributed by atoms with Gasteiger partial charge in [-0.2, -0.15) is 5.10 Å². The molecule has 21 heavy (non-hydrogen) atoms. The lowest BCUT2D eigenvalue weighted by atomic mass is 10.1. The van der Waals surface area contributed by atoms with Crippen LogP contribution in [0.4, 0.5) is 4.39 Å². The van der Waals surface area contributed by atoms with Crippen LogP contribution in [0, 0.1) is 5.82 Å². The quantitative estimate of drug-likeness (QED) is 0.915. The second-order valence-electron chi connectivity index (χ2n) is 4.93. The number of halogens is 2. The summed E-state index contributed by atoms with van der Waals surface area (Å²) in [5.41, 5.74) is 0.879. The van der Waals surface area contributed by atoms with Crippen molar-refractivity contribution in [2.45, 2.75) is 18.9 Å². The van der Waals surface area contributed by atoms with Crippen molar-refractivity contribution in [3.8, 4) is 17.0 Å². The zero-order valence-corrected chi connectivity index (χ0v) is 12.7. The molecule has 0 atom stereocenters. The van der Waals surface area contributed by atoms with E-state index in [1.807, 2.05) is 0 Å². The number of aryl methyl sites for hydroxylation is 1. The molecule has 110 valence electrons. The van der Waals surface area contributed by atoms with Gasteiger partial charge < -0.3 is 9.84 Å². The summed E-state index contributed by atoms with van der Waals surface area (Å²) >= 11 is 3.30. The highest BCUT2D eigenvalue weighted by molar-refractivity contribution is 9.10. The Hall–Kier alpha value is -1.89. The Bertz CT molecular complexity index is 725. The molecule has 5 nitrogen and oxygen atoms in total. The van der Waals surface area contributed by atoms with Crippen LogP contribution in [0.25, 0.3) is 11.3 Å². The van der Waals surface area contributed by atoms with E-state index in [1.165, 1.54) is 22.9 Å². The number of benzene rings is 1. The van der Waals surface area contributed by atoms with Gasteiger partial charge in [-0.05, 0) is 47.0 Å². The molecular weight excluding hydrogens is 343 g/mol. The van der Waals surface area contributed by atoms with Crippen molar-refractivity contribution in [1.82, 2.24) is 9.78 Å². The van der Waals surface area contributed by atoms with Crippen LogP contribution in [0.3, 0.4) is 0 Å². The van der Waals surface area contributed by atoms with Crippen LogP contribution in [0.2, 0.25) is 0 Å². The first-order chi connectivity index (χ1) is 9.95. The molecule has 1 saturated carbocycles. The van der Waals surface area contributed by atoms with Gasteiger partial charge in [0.15, 0.2) is 5.69 Å². The number of aromatic nitrogens is 2. The molecule has 3 rings (SSSR count). The minimum atomic E-state index is -1.13. The highest BCUT2D eigenvalue weighted by Gasteiger charge is 2.27. The van der Waals surface area contributed by atoms with Gasteiger partial charge in [-0.15, -0.1) is 0 Å². The highest BCUT2D eigenvalue weighted by Crippen LogP contribution is 2.40. The maximum Gasteiger partial charge on any atom is 0.356 e. The standard InChI is InChI=1S/C14H12BrFN2O3/c1-18-12(6-11(17-18)14(19)20)9-4-7(16)5-10(15)13(9)21-8-2-3-8/h4-6,8H,2-3H2,1H3,(H,19,20). The lowest BCUT2D eigenvalue weighted by Crippen LogP contribution is -2.02. The van der Waals surface area contributed by atoms with Crippen molar-refractivity contribution in [2.24, 2.45) is 7.05 Å². The second kappa shape index (κ2) is 5.14. The number of hydrogen-bond acceptors (Lipinski definition) is 3. The molecule has 0 amide bonds. The fourth-order valence-electron chi connectivity index (χ4n) is 2.05. The Labute approximate surface area is 128 Å². The molecule has 0 spiro atoms. The summed E-state index contributed by atoms with van der Waals surface area (Å²) in [4.78, 5) is 11.0. The third-order valence-corrected chi connectivity index (χ3v) is 3.78. The van der Waals surface area contributed by atoms with Crippen LogP contribution < -0.4 is 4.74 Å². The molecule has 0 unspecified atom stereocenters. The Morgan fingerprint density at radius 1 is 1.48 bits per heavy atom. The Morgan fingerprint density at radius 3 is 2.76 bits per heavy atom. The van der Waals surface area contributed by atoms with E-state index >= 15 is 0 Å². The van der Waals surface area contributed by atoms with Gasteiger partial charge in [0, 0.05) is 12.6 Å². The fraction of sp³-hybridized carbons (Fsp3) is 0.286. The second-order valence-corrected chi connectivity index (χ2v) is 5.78. The van der Waals surface area contributed by atoms with E-state index in [0.29, 0.717) is 21.5 Å². The molecule has 1 N–H and O–H groups in total. The average Bonchev–Trinajstić information content (AvgIpc) is 3.13. The molecule has 7 heteroatoms. The highest BCUT2D eigenvalue weighted by atomic mass is 79.9.